The zero-order chi connectivity index (χ0) is 14.4. The first-order chi connectivity index (χ1) is 8.93. The number of nitrogens with one attached hydrogen (secondary N) is 1. The molecule has 6 heteroatoms. The van der Waals surface area contributed by atoms with Crippen LogP contribution in [-0.2, 0) is 16.0 Å². The number of halogens is 1. The van der Waals surface area contributed by atoms with Gasteiger partial charge < -0.3 is 15.2 Å². The minimum Gasteiger partial charge on any atom is -0.494 e. The van der Waals surface area contributed by atoms with Crippen LogP contribution in [0.4, 0.5) is 4.39 Å². The van der Waals surface area contributed by atoms with E-state index in [1.165, 1.54) is 19.1 Å². The third-order valence-corrected chi connectivity index (χ3v) is 2.27. The Labute approximate surface area is 105 Å². The molecule has 5 nitrogen and oxygen atoms in total. The average Bonchev–Trinajstić information content (AvgIpc) is 2.32. The molecule has 0 radical (unpaired) electrons. The Morgan fingerprint density at radius 3 is 2.89 bits per heavy atom. The molecule has 1 atom stereocenters. The summed E-state index contributed by atoms with van der Waals surface area (Å²) in [6, 6.07) is 2.77. The topological polar surface area (TPSA) is 75.6 Å². The molecular weight excluding hydrogens is 241 g/mol. The van der Waals surface area contributed by atoms with Crippen LogP contribution < -0.4 is 10.1 Å². The fourth-order valence-corrected chi connectivity index (χ4v) is 1.47. The van der Waals surface area contributed by atoms with Crippen molar-refractivity contribution in [1.82, 2.24) is 5.32 Å². The van der Waals surface area contributed by atoms with Gasteiger partial charge in [-0.15, -0.1) is 0 Å². The van der Waals surface area contributed by atoms with E-state index in [4.69, 9.17) is 11.2 Å². The summed E-state index contributed by atoms with van der Waals surface area (Å²) >= 11 is 0. The highest BCUT2D eigenvalue weighted by atomic mass is 19.1. The number of amides is 1. The number of benzene rings is 1. The van der Waals surface area contributed by atoms with E-state index < -0.39 is 30.8 Å². The van der Waals surface area contributed by atoms with Crippen molar-refractivity contribution in [3.05, 3.63) is 29.6 Å². The van der Waals surface area contributed by atoms with E-state index in [-0.39, 0.29) is 12.2 Å². The van der Waals surface area contributed by atoms with Crippen LogP contribution in [0.3, 0.4) is 0 Å². The standard InChI is InChI=1S/C12H14FNO4/c1-7(15)14-10(12(16)17)5-8-3-4-9(13)11(6-8)18-2/h3-4,6,10H,5H2,1-2H3,(H,14,15)(H,16,17)/t10-/m0/s1/i2D. The molecule has 0 aliphatic heterocycles. The molecule has 0 spiro atoms. The van der Waals surface area contributed by atoms with E-state index in [1.807, 2.05) is 0 Å². The summed E-state index contributed by atoms with van der Waals surface area (Å²) in [6.07, 6.45) is 0.00353. The van der Waals surface area contributed by atoms with Crippen molar-refractivity contribution < 1.29 is 25.2 Å². The lowest BCUT2D eigenvalue weighted by Gasteiger charge is -2.13. The number of rotatable bonds is 5. The summed E-state index contributed by atoms with van der Waals surface area (Å²) < 4.78 is 24.9. The Kier molecular flexibility index (Phi) is 4.11. The molecule has 98 valence electrons. The normalized spacial score (nSPS) is 12.4. The van der Waals surface area contributed by atoms with E-state index in [2.05, 4.69) is 5.32 Å². The lowest BCUT2D eigenvalue weighted by atomic mass is 10.1. The van der Waals surface area contributed by atoms with E-state index in [1.54, 1.807) is 0 Å². The predicted molar refractivity (Wildman–Crippen MR) is 61.9 cm³/mol. The summed E-state index contributed by atoms with van der Waals surface area (Å²) in [5, 5.41) is 11.2. The minimum atomic E-state index is -1.18. The van der Waals surface area contributed by atoms with E-state index in [9.17, 15) is 14.0 Å². The highest BCUT2D eigenvalue weighted by molar-refractivity contribution is 5.82. The van der Waals surface area contributed by atoms with Crippen molar-refractivity contribution in [2.75, 3.05) is 7.09 Å². The largest absolute Gasteiger partial charge is 0.494 e. The quantitative estimate of drug-likeness (QED) is 0.823. The second kappa shape index (κ2) is 6.00. The Bertz CT molecular complexity index is 481. The molecule has 2 N–H and O–H groups in total. The number of carboxylic acid groups (broad SMARTS) is 1. The van der Waals surface area contributed by atoms with Gasteiger partial charge in [0.1, 0.15) is 6.04 Å². The number of aliphatic carboxylic acids is 1. The van der Waals surface area contributed by atoms with Crippen molar-refractivity contribution >= 4 is 11.9 Å². The molecule has 0 fully saturated rings. The van der Waals surface area contributed by atoms with Gasteiger partial charge in [-0.05, 0) is 17.7 Å². The molecule has 1 aromatic rings. The zero-order valence-electron chi connectivity index (χ0n) is 10.8. The molecule has 1 rings (SSSR count). The van der Waals surface area contributed by atoms with Gasteiger partial charge in [-0.2, -0.15) is 0 Å². The van der Waals surface area contributed by atoms with Crippen LogP contribution in [0.1, 0.15) is 13.9 Å². The monoisotopic (exact) mass is 256 g/mol. The van der Waals surface area contributed by atoms with Crippen LogP contribution >= 0.6 is 0 Å². The fourth-order valence-electron chi connectivity index (χ4n) is 1.47. The highest BCUT2D eigenvalue weighted by Crippen LogP contribution is 2.19. The molecular formula is C12H14FNO4. The minimum absolute atomic E-state index is 0.00353. The molecule has 0 bridgehead atoms. The van der Waals surface area contributed by atoms with Gasteiger partial charge >= 0.3 is 5.97 Å². The van der Waals surface area contributed by atoms with E-state index in [0.717, 1.165) is 6.07 Å². The maximum atomic E-state index is 13.3. The molecule has 0 saturated heterocycles. The van der Waals surface area contributed by atoms with Gasteiger partial charge in [-0.25, -0.2) is 9.18 Å². The van der Waals surface area contributed by atoms with Crippen molar-refractivity contribution in [3.8, 4) is 5.75 Å². The van der Waals surface area contributed by atoms with Gasteiger partial charge in [0.15, 0.2) is 11.6 Å². The third-order valence-electron chi connectivity index (χ3n) is 2.27. The van der Waals surface area contributed by atoms with E-state index >= 15 is 0 Å². The Morgan fingerprint density at radius 1 is 1.61 bits per heavy atom. The summed E-state index contributed by atoms with van der Waals surface area (Å²) in [6.45, 7) is 1.22. The van der Waals surface area contributed by atoms with Crippen LogP contribution in [0.25, 0.3) is 0 Å². The van der Waals surface area contributed by atoms with Crippen LogP contribution in [0.15, 0.2) is 18.2 Å². The number of carbonyl (C=O) groups excluding carboxylic acids is 1. The van der Waals surface area contributed by atoms with Crippen LogP contribution in [-0.4, -0.2) is 30.1 Å². The summed E-state index contributed by atoms with van der Waals surface area (Å²) in [5.41, 5.74) is 0.492. The molecule has 18 heavy (non-hydrogen) atoms. The molecule has 1 aromatic carbocycles. The molecule has 0 aromatic heterocycles. The van der Waals surface area contributed by atoms with Gasteiger partial charge in [0.25, 0.3) is 0 Å². The third kappa shape index (κ3) is 3.73. The Hall–Kier alpha value is -2.11. The number of methoxy groups -OCH3 is 1. The Morgan fingerprint density at radius 2 is 2.33 bits per heavy atom. The van der Waals surface area contributed by atoms with Gasteiger partial charge in [-0.3, -0.25) is 4.79 Å². The molecule has 0 heterocycles. The Balaban J connectivity index is 2.87. The molecule has 0 aliphatic carbocycles. The molecule has 0 aliphatic rings. The summed E-state index contributed by atoms with van der Waals surface area (Å²) in [4.78, 5) is 21.9. The zero-order valence-corrected chi connectivity index (χ0v) is 9.77. The van der Waals surface area contributed by atoms with Crippen molar-refractivity contribution in [2.45, 2.75) is 19.4 Å². The molecule has 0 saturated carbocycles. The van der Waals surface area contributed by atoms with Crippen molar-refractivity contribution in [1.29, 1.82) is 0 Å². The first kappa shape index (κ1) is 12.3. The van der Waals surface area contributed by atoms with Crippen molar-refractivity contribution in [2.24, 2.45) is 0 Å². The van der Waals surface area contributed by atoms with Gasteiger partial charge in [-0.1, -0.05) is 6.07 Å². The number of carboxylic acids is 1. The van der Waals surface area contributed by atoms with Crippen LogP contribution in [0, 0.1) is 5.82 Å². The van der Waals surface area contributed by atoms with Crippen LogP contribution in [0.5, 0.6) is 5.75 Å². The predicted octanol–water partition coefficient (Wildman–Crippen LogP) is 0.966. The SMILES string of the molecule is [2H]COc1cc(C[C@H](NC(C)=O)C(=O)O)ccc1F. The summed E-state index contributed by atoms with van der Waals surface area (Å²) in [5.74, 6) is -2.37. The molecule has 0 unspecified atom stereocenters. The maximum Gasteiger partial charge on any atom is 0.326 e. The molecule has 1 amide bonds. The van der Waals surface area contributed by atoms with Gasteiger partial charge in [0.2, 0.25) is 5.91 Å². The smallest absolute Gasteiger partial charge is 0.326 e. The van der Waals surface area contributed by atoms with E-state index in [0.29, 0.717) is 5.56 Å². The highest BCUT2D eigenvalue weighted by Gasteiger charge is 2.19. The van der Waals surface area contributed by atoms with Gasteiger partial charge in [0.05, 0.1) is 8.46 Å². The number of hydrogen-bond acceptors (Lipinski definition) is 3. The maximum absolute atomic E-state index is 13.3. The number of carbonyl (C=O) groups is 2. The second-order valence-electron chi connectivity index (χ2n) is 3.70. The van der Waals surface area contributed by atoms with Crippen molar-refractivity contribution in [3.63, 3.8) is 0 Å². The number of ether oxygens (including phenoxy) is 1. The second-order valence-corrected chi connectivity index (χ2v) is 3.70. The summed E-state index contributed by atoms with van der Waals surface area (Å²) in [7, 11) is -0.436. The van der Waals surface area contributed by atoms with Crippen LogP contribution in [0.2, 0.25) is 0 Å². The lowest BCUT2D eigenvalue weighted by Crippen LogP contribution is -2.41. The average molecular weight is 256 g/mol. The first-order valence-corrected chi connectivity index (χ1v) is 5.14. The van der Waals surface area contributed by atoms with Gasteiger partial charge in [0, 0.05) is 13.3 Å². The lowest BCUT2D eigenvalue weighted by molar-refractivity contribution is -0.141. The number of hydrogen-bond donors (Lipinski definition) is 2. The first-order valence-electron chi connectivity index (χ1n) is 5.85. The fraction of sp³-hybridized carbons (Fsp3) is 0.333.